The second-order valence-electron chi connectivity index (χ2n) is 8.85. The molecule has 1 amide bonds. The Labute approximate surface area is 187 Å². The lowest BCUT2D eigenvalue weighted by Gasteiger charge is -2.40. The van der Waals surface area contributed by atoms with Crippen LogP contribution in [0.4, 0.5) is 0 Å². The van der Waals surface area contributed by atoms with Crippen LogP contribution in [-0.4, -0.2) is 35.5 Å². The maximum absolute atomic E-state index is 13.0. The summed E-state index contributed by atoms with van der Waals surface area (Å²) < 4.78 is 29.4. The molecule has 2 aliphatic rings. The van der Waals surface area contributed by atoms with Crippen molar-refractivity contribution in [3.8, 4) is 0 Å². The minimum atomic E-state index is -3.53. The molecule has 2 aromatic rings. The first-order valence-electron chi connectivity index (χ1n) is 10.3. The molecular weight excluding hydrogens is 445 g/mol. The van der Waals surface area contributed by atoms with Crippen LogP contribution in [0.25, 0.3) is 10.9 Å². The van der Waals surface area contributed by atoms with Crippen molar-refractivity contribution in [2.24, 2.45) is 17.6 Å². The van der Waals surface area contributed by atoms with Crippen molar-refractivity contribution < 1.29 is 13.2 Å². The van der Waals surface area contributed by atoms with Crippen LogP contribution in [0.3, 0.4) is 0 Å². The molecule has 1 aromatic carbocycles. The zero-order chi connectivity index (χ0) is 22.0. The van der Waals surface area contributed by atoms with Gasteiger partial charge in [-0.3, -0.25) is 4.79 Å². The molecule has 6 nitrogen and oxygen atoms in total. The van der Waals surface area contributed by atoms with E-state index >= 15 is 0 Å². The van der Waals surface area contributed by atoms with E-state index in [0.29, 0.717) is 39.0 Å². The Morgan fingerprint density at radius 2 is 1.80 bits per heavy atom. The molecule has 0 saturated heterocycles. The Morgan fingerprint density at radius 1 is 1.20 bits per heavy atom. The zero-order valence-corrected chi connectivity index (χ0v) is 19.7. The lowest BCUT2D eigenvalue weighted by molar-refractivity contribution is 0.100. The predicted molar refractivity (Wildman–Crippen MR) is 120 cm³/mol. The first-order valence-corrected chi connectivity index (χ1v) is 12.9. The molecule has 4 rings (SSSR count). The molecule has 164 valence electrons. The molecule has 2 fully saturated rings. The van der Waals surface area contributed by atoms with Crippen molar-refractivity contribution in [3.63, 3.8) is 0 Å². The summed E-state index contributed by atoms with van der Waals surface area (Å²) in [6, 6.07) is 3.26. The quantitative estimate of drug-likeness (QED) is 0.684. The smallest absolute Gasteiger partial charge is 0.251 e. The van der Waals surface area contributed by atoms with Crippen molar-refractivity contribution in [2.45, 2.75) is 58.2 Å². The van der Waals surface area contributed by atoms with Crippen LogP contribution < -0.4 is 5.73 Å². The minimum absolute atomic E-state index is 0.0758. The SMILES string of the molecule is Cc1c(C(N)=O)c2ccc(Cl)c(Cl)c2n1C(C)N(C1CC2CCC(C2)C1)S(C)(=O)=O. The Hall–Kier alpha value is -1.28. The van der Waals surface area contributed by atoms with Gasteiger partial charge in [0.2, 0.25) is 10.0 Å². The van der Waals surface area contributed by atoms with Crippen molar-refractivity contribution >= 4 is 50.0 Å². The average Bonchev–Trinajstić information content (AvgIpc) is 3.13. The van der Waals surface area contributed by atoms with Crippen molar-refractivity contribution in [2.75, 3.05) is 6.26 Å². The summed E-state index contributed by atoms with van der Waals surface area (Å²) in [5, 5.41) is 1.21. The van der Waals surface area contributed by atoms with Crippen LogP contribution in [0, 0.1) is 18.8 Å². The molecule has 0 aliphatic heterocycles. The van der Waals surface area contributed by atoms with Crippen LogP contribution in [0.1, 0.15) is 61.2 Å². The number of amides is 1. The van der Waals surface area contributed by atoms with Crippen LogP contribution in [0.2, 0.25) is 10.0 Å². The van der Waals surface area contributed by atoms with Gasteiger partial charge in [0.05, 0.1) is 33.5 Å². The number of primary amides is 1. The number of carbonyl (C=O) groups excluding carboxylic acids is 1. The molecule has 9 heteroatoms. The van der Waals surface area contributed by atoms with Gasteiger partial charge in [-0.1, -0.05) is 42.1 Å². The van der Waals surface area contributed by atoms with Crippen molar-refractivity contribution in [1.82, 2.24) is 8.87 Å². The molecule has 3 atom stereocenters. The van der Waals surface area contributed by atoms with Gasteiger partial charge in [-0.2, -0.15) is 4.31 Å². The molecule has 1 heterocycles. The van der Waals surface area contributed by atoms with E-state index in [-0.39, 0.29) is 11.1 Å². The number of halogens is 2. The number of carbonyl (C=O) groups is 1. The Kier molecular flexibility index (Phi) is 5.62. The van der Waals surface area contributed by atoms with Crippen molar-refractivity contribution in [3.05, 3.63) is 33.4 Å². The van der Waals surface area contributed by atoms with Gasteiger partial charge in [-0.25, -0.2) is 8.42 Å². The summed E-state index contributed by atoms with van der Waals surface area (Å²) in [5.41, 5.74) is 7.13. The Balaban J connectivity index is 1.90. The number of rotatable bonds is 5. The number of sulfonamides is 1. The lowest BCUT2D eigenvalue weighted by atomic mass is 9.85. The molecule has 0 spiro atoms. The standard InChI is InChI=1S/C21H27Cl2N3O3S/c1-11-18(21(24)27)16-6-7-17(22)19(23)20(16)25(11)12(2)26(30(3,28)29)15-9-13-4-5-14(8-13)10-15/h6-7,12-15H,4-5,8-10H2,1-3H3,(H2,24,27). The van der Waals surface area contributed by atoms with E-state index in [4.69, 9.17) is 28.9 Å². The van der Waals surface area contributed by atoms with Crippen LogP contribution in [0.15, 0.2) is 12.1 Å². The van der Waals surface area contributed by atoms with Gasteiger partial charge in [-0.15, -0.1) is 0 Å². The highest BCUT2D eigenvalue weighted by molar-refractivity contribution is 7.88. The van der Waals surface area contributed by atoms with Gasteiger partial charge in [0.15, 0.2) is 0 Å². The van der Waals surface area contributed by atoms with Gasteiger partial charge in [0, 0.05) is 17.1 Å². The zero-order valence-electron chi connectivity index (χ0n) is 17.4. The van der Waals surface area contributed by atoms with E-state index in [9.17, 15) is 13.2 Å². The summed E-state index contributed by atoms with van der Waals surface area (Å²) in [5.74, 6) is 0.572. The Morgan fingerprint density at radius 3 is 2.33 bits per heavy atom. The Bertz CT molecular complexity index is 1120. The maximum Gasteiger partial charge on any atom is 0.251 e. The number of nitrogens with two attached hydrogens (primary N) is 1. The number of hydrogen-bond donors (Lipinski definition) is 1. The van der Waals surface area contributed by atoms with E-state index in [1.807, 2.05) is 6.92 Å². The van der Waals surface area contributed by atoms with E-state index in [2.05, 4.69) is 0 Å². The number of fused-ring (bicyclic) bond motifs is 3. The highest BCUT2D eigenvalue weighted by Gasteiger charge is 2.42. The monoisotopic (exact) mass is 471 g/mol. The summed E-state index contributed by atoms with van der Waals surface area (Å²) in [6.45, 7) is 3.61. The molecule has 2 N–H and O–H groups in total. The van der Waals surface area contributed by atoms with E-state index in [0.717, 1.165) is 12.8 Å². The first kappa shape index (κ1) is 21.9. The normalized spacial score (nSPS) is 25.2. The summed E-state index contributed by atoms with van der Waals surface area (Å²) in [7, 11) is -3.53. The van der Waals surface area contributed by atoms with E-state index in [1.54, 1.807) is 27.9 Å². The van der Waals surface area contributed by atoms with Gasteiger partial charge >= 0.3 is 0 Å². The first-order chi connectivity index (χ1) is 14.0. The molecule has 2 aliphatic carbocycles. The highest BCUT2D eigenvalue weighted by Crippen LogP contribution is 2.46. The molecule has 3 unspecified atom stereocenters. The molecule has 2 bridgehead atoms. The van der Waals surface area contributed by atoms with Gasteiger partial charge in [0.1, 0.15) is 0 Å². The largest absolute Gasteiger partial charge is 0.366 e. The summed E-state index contributed by atoms with van der Waals surface area (Å²) in [6.07, 6.45) is 5.95. The van der Waals surface area contributed by atoms with E-state index in [1.165, 1.54) is 25.5 Å². The maximum atomic E-state index is 13.0. The van der Waals surface area contributed by atoms with E-state index < -0.39 is 22.1 Å². The van der Waals surface area contributed by atoms with Crippen LogP contribution in [-0.2, 0) is 10.0 Å². The number of nitrogens with zero attached hydrogens (tertiary/aromatic N) is 2. The summed E-state index contributed by atoms with van der Waals surface area (Å²) in [4.78, 5) is 12.2. The number of aromatic nitrogens is 1. The fraction of sp³-hybridized carbons (Fsp3) is 0.571. The van der Waals surface area contributed by atoms with Gasteiger partial charge in [-0.05, 0) is 51.0 Å². The number of benzene rings is 1. The third-order valence-corrected chi connectivity index (χ3v) is 9.06. The fourth-order valence-electron chi connectivity index (χ4n) is 5.89. The molecule has 1 aromatic heterocycles. The predicted octanol–water partition coefficient (Wildman–Crippen LogP) is 4.71. The second-order valence-corrected chi connectivity index (χ2v) is 11.5. The topological polar surface area (TPSA) is 85.4 Å². The molecule has 0 radical (unpaired) electrons. The third kappa shape index (κ3) is 3.53. The third-order valence-electron chi connectivity index (χ3n) is 6.89. The fourth-order valence-corrected chi connectivity index (χ4v) is 7.66. The van der Waals surface area contributed by atoms with Crippen LogP contribution >= 0.6 is 23.2 Å². The van der Waals surface area contributed by atoms with Gasteiger partial charge in [0.25, 0.3) is 5.91 Å². The molecule has 30 heavy (non-hydrogen) atoms. The lowest BCUT2D eigenvalue weighted by Crippen LogP contribution is -2.46. The van der Waals surface area contributed by atoms with Crippen molar-refractivity contribution in [1.29, 1.82) is 0 Å². The highest BCUT2D eigenvalue weighted by atomic mass is 35.5. The summed E-state index contributed by atoms with van der Waals surface area (Å²) >= 11 is 12.8. The molecule has 2 saturated carbocycles. The van der Waals surface area contributed by atoms with Crippen LogP contribution in [0.5, 0.6) is 0 Å². The van der Waals surface area contributed by atoms with Gasteiger partial charge < -0.3 is 10.3 Å². The minimum Gasteiger partial charge on any atom is -0.366 e. The number of hydrogen-bond acceptors (Lipinski definition) is 3. The second kappa shape index (κ2) is 7.69. The average molecular weight is 472 g/mol. The molecular formula is C21H27Cl2N3O3S.